The van der Waals surface area contributed by atoms with Gasteiger partial charge in [0.25, 0.3) is 0 Å². The van der Waals surface area contributed by atoms with Crippen molar-refractivity contribution in [1.82, 2.24) is 4.98 Å². The third-order valence-electron chi connectivity index (χ3n) is 6.38. The second-order valence-electron chi connectivity index (χ2n) is 8.42. The summed E-state index contributed by atoms with van der Waals surface area (Å²) in [5.74, 6) is -1.48. The van der Waals surface area contributed by atoms with E-state index < -0.39 is 17.2 Å². The third kappa shape index (κ3) is 3.69. The van der Waals surface area contributed by atoms with Crippen LogP contribution in [0.1, 0.15) is 59.0 Å². The third-order valence-corrected chi connectivity index (χ3v) is 7.81. The Hall–Kier alpha value is -2.77. The van der Waals surface area contributed by atoms with Crippen molar-refractivity contribution in [2.24, 2.45) is 0 Å². The number of aromatic carboxylic acids is 1. The SMILES string of the molecule is O=C(O)c1cc(NC(=O)C2(c3ccc(Cl)cc3F)CC2)ccc1-c1cnc(C2CCC2)s1. The Kier molecular flexibility index (Phi) is 5.26. The maximum absolute atomic E-state index is 14.4. The van der Waals surface area contributed by atoms with Crippen LogP contribution in [0.5, 0.6) is 0 Å². The van der Waals surface area contributed by atoms with Crippen LogP contribution in [0.3, 0.4) is 0 Å². The number of carboxylic acid groups (broad SMARTS) is 1. The van der Waals surface area contributed by atoms with E-state index in [1.54, 1.807) is 30.5 Å². The standard InChI is InChI=1S/C24H20ClFN2O3S/c25-14-4-7-18(19(26)10-14)24(8-9-24)23(31)28-15-5-6-16(17(11-15)22(29)30)20-12-27-21(32-20)13-2-1-3-13/h4-7,10-13H,1-3,8-9H2,(H,28,31)(H,29,30). The monoisotopic (exact) mass is 470 g/mol. The molecule has 3 aromatic rings. The highest BCUT2D eigenvalue weighted by molar-refractivity contribution is 7.15. The fraction of sp³-hybridized carbons (Fsp3) is 0.292. The Balaban J connectivity index is 1.41. The van der Waals surface area contributed by atoms with Crippen molar-refractivity contribution in [2.45, 2.75) is 43.4 Å². The van der Waals surface area contributed by atoms with Crippen molar-refractivity contribution >= 4 is 40.5 Å². The summed E-state index contributed by atoms with van der Waals surface area (Å²) in [5.41, 5.74) is 0.382. The van der Waals surface area contributed by atoms with Crippen LogP contribution < -0.4 is 5.32 Å². The maximum Gasteiger partial charge on any atom is 0.336 e. The number of nitrogens with one attached hydrogen (secondary N) is 1. The number of amides is 1. The quantitative estimate of drug-likeness (QED) is 0.447. The van der Waals surface area contributed by atoms with Crippen LogP contribution in [0.4, 0.5) is 10.1 Å². The number of anilines is 1. The van der Waals surface area contributed by atoms with Crippen LogP contribution in [0.25, 0.3) is 10.4 Å². The van der Waals surface area contributed by atoms with Crippen LogP contribution >= 0.6 is 22.9 Å². The number of benzene rings is 2. The van der Waals surface area contributed by atoms with Gasteiger partial charge in [-0.3, -0.25) is 4.79 Å². The molecule has 5 rings (SSSR count). The summed E-state index contributed by atoms with van der Waals surface area (Å²) < 4.78 is 14.4. The lowest BCUT2D eigenvalue weighted by atomic mass is 9.86. The summed E-state index contributed by atoms with van der Waals surface area (Å²) in [6.45, 7) is 0. The first-order chi connectivity index (χ1) is 15.4. The second-order valence-corrected chi connectivity index (χ2v) is 9.92. The topological polar surface area (TPSA) is 79.3 Å². The predicted molar refractivity (Wildman–Crippen MR) is 122 cm³/mol. The molecule has 32 heavy (non-hydrogen) atoms. The first-order valence-corrected chi connectivity index (χ1v) is 11.7. The van der Waals surface area contributed by atoms with E-state index in [1.807, 2.05) is 0 Å². The summed E-state index contributed by atoms with van der Waals surface area (Å²) in [6.07, 6.45) is 6.22. The molecule has 2 N–H and O–H groups in total. The van der Waals surface area contributed by atoms with E-state index in [0.717, 1.165) is 22.7 Å². The molecule has 0 radical (unpaired) electrons. The normalized spacial score (nSPS) is 16.9. The Morgan fingerprint density at radius 1 is 1.19 bits per heavy atom. The number of nitrogens with zero attached hydrogens (tertiary/aromatic N) is 1. The molecule has 2 aliphatic carbocycles. The minimum Gasteiger partial charge on any atom is -0.478 e. The molecule has 1 heterocycles. The van der Waals surface area contributed by atoms with E-state index in [2.05, 4.69) is 10.3 Å². The first-order valence-electron chi connectivity index (χ1n) is 10.5. The largest absolute Gasteiger partial charge is 0.478 e. The molecule has 0 unspecified atom stereocenters. The van der Waals surface area contributed by atoms with E-state index in [0.29, 0.717) is 35.6 Å². The number of thiazole rings is 1. The Morgan fingerprint density at radius 2 is 1.97 bits per heavy atom. The van der Waals surface area contributed by atoms with Gasteiger partial charge in [0.2, 0.25) is 5.91 Å². The van der Waals surface area contributed by atoms with E-state index in [1.165, 1.54) is 29.9 Å². The van der Waals surface area contributed by atoms with Crippen molar-refractivity contribution in [3.8, 4) is 10.4 Å². The molecule has 2 fully saturated rings. The highest BCUT2D eigenvalue weighted by Gasteiger charge is 2.52. The lowest BCUT2D eigenvalue weighted by Crippen LogP contribution is -2.28. The molecule has 0 bridgehead atoms. The van der Waals surface area contributed by atoms with Gasteiger partial charge in [0, 0.05) is 34.0 Å². The number of hydrogen-bond acceptors (Lipinski definition) is 4. The van der Waals surface area contributed by atoms with Gasteiger partial charge in [0.1, 0.15) is 5.82 Å². The lowest BCUT2D eigenvalue weighted by molar-refractivity contribution is -0.118. The Labute approximate surface area is 193 Å². The molecule has 2 saturated carbocycles. The van der Waals surface area contributed by atoms with Gasteiger partial charge in [-0.05, 0) is 49.9 Å². The minimum atomic E-state index is -1.08. The number of halogens is 2. The summed E-state index contributed by atoms with van der Waals surface area (Å²) in [7, 11) is 0. The van der Waals surface area contributed by atoms with E-state index in [4.69, 9.17) is 11.6 Å². The molecular formula is C24H20ClFN2O3S. The van der Waals surface area contributed by atoms with Crippen molar-refractivity contribution in [3.63, 3.8) is 0 Å². The van der Waals surface area contributed by atoms with Crippen molar-refractivity contribution in [1.29, 1.82) is 0 Å². The van der Waals surface area contributed by atoms with Gasteiger partial charge in [-0.2, -0.15) is 0 Å². The number of rotatable bonds is 6. The number of hydrogen-bond donors (Lipinski definition) is 2. The Bertz CT molecular complexity index is 1230. The summed E-state index contributed by atoms with van der Waals surface area (Å²) in [6, 6.07) is 9.13. The van der Waals surface area contributed by atoms with Crippen molar-refractivity contribution in [3.05, 3.63) is 69.6 Å². The number of carbonyl (C=O) groups is 2. The maximum atomic E-state index is 14.4. The average molecular weight is 471 g/mol. The Morgan fingerprint density at radius 3 is 2.59 bits per heavy atom. The number of carboxylic acids is 1. The molecule has 0 atom stereocenters. The molecule has 0 saturated heterocycles. The fourth-order valence-electron chi connectivity index (χ4n) is 4.14. The van der Waals surface area contributed by atoms with Gasteiger partial charge < -0.3 is 10.4 Å². The molecule has 8 heteroatoms. The molecule has 2 aromatic carbocycles. The van der Waals surface area contributed by atoms with Gasteiger partial charge in [-0.1, -0.05) is 30.2 Å². The molecule has 0 aliphatic heterocycles. The minimum absolute atomic E-state index is 0.0918. The second kappa shape index (κ2) is 7.98. The molecule has 1 amide bonds. The fourth-order valence-corrected chi connectivity index (χ4v) is 5.43. The zero-order valence-electron chi connectivity index (χ0n) is 17.0. The van der Waals surface area contributed by atoms with Gasteiger partial charge in [-0.15, -0.1) is 11.3 Å². The van der Waals surface area contributed by atoms with E-state index >= 15 is 0 Å². The van der Waals surface area contributed by atoms with Crippen LogP contribution in [-0.2, 0) is 10.2 Å². The molecule has 164 valence electrons. The van der Waals surface area contributed by atoms with E-state index in [-0.39, 0.29) is 16.5 Å². The van der Waals surface area contributed by atoms with Gasteiger partial charge in [-0.25, -0.2) is 14.2 Å². The van der Waals surface area contributed by atoms with Crippen LogP contribution in [-0.4, -0.2) is 22.0 Å². The molecule has 0 spiro atoms. The van der Waals surface area contributed by atoms with Gasteiger partial charge in [0.05, 0.1) is 20.9 Å². The van der Waals surface area contributed by atoms with Crippen LogP contribution in [0.15, 0.2) is 42.6 Å². The average Bonchev–Trinajstić information content (AvgIpc) is 3.38. The van der Waals surface area contributed by atoms with Crippen LogP contribution in [0, 0.1) is 5.82 Å². The summed E-state index contributed by atoms with van der Waals surface area (Å²) in [4.78, 5) is 30.3. The summed E-state index contributed by atoms with van der Waals surface area (Å²) >= 11 is 7.36. The number of carbonyl (C=O) groups excluding carboxylic acids is 1. The zero-order valence-corrected chi connectivity index (χ0v) is 18.6. The zero-order chi connectivity index (χ0) is 22.5. The van der Waals surface area contributed by atoms with Crippen LogP contribution in [0.2, 0.25) is 5.02 Å². The molecule has 1 aromatic heterocycles. The van der Waals surface area contributed by atoms with Crippen molar-refractivity contribution < 1.29 is 19.1 Å². The predicted octanol–water partition coefficient (Wildman–Crippen LogP) is 6.24. The highest BCUT2D eigenvalue weighted by atomic mass is 35.5. The van der Waals surface area contributed by atoms with Crippen molar-refractivity contribution in [2.75, 3.05) is 5.32 Å². The summed E-state index contributed by atoms with van der Waals surface area (Å²) in [5, 5.41) is 13.9. The lowest BCUT2D eigenvalue weighted by Gasteiger charge is -2.22. The van der Waals surface area contributed by atoms with Gasteiger partial charge >= 0.3 is 5.97 Å². The first kappa shape index (κ1) is 21.1. The molecular weight excluding hydrogens is 451 g/mol. The van der Waals surface area contributed by atoms with E-state index in [9.17, 15) is 19.1 Å². The van der Waals surface area contributed by atoms with Gasteiger partial charge in [0.15, 0.2) is 0 Å². The number of aromatic nitrogens is 1. The molecule has 2 aliphatic rings. The smallest absolute Gasteiger partial charge is 0.336 e. The highest BCUT2D eigenvalue weighted by Crippen LogP contribution is 2.50. The molecule has 5 nitrogen and oxygen atoms in total.